The molecule has 0 saturated heterocycles. The summed E-state index contributed by atoms with van der Waals surface area (Å²) in [7, 11) is 0. The molecule has 0 radical (unpaired) electrons. The van der Waals surface area contributed by atoms with Gasteiger partial charge in [0.25, 0.3) is 0 Å². The minimum absolute atomic E-state index is 0.288. The van der Waals surface area contributed by atoms with Crippen molar-refractivity contribution in [3.63, 3.8) is 0 Å². The average molecular weight is 205 g/mol. The molecule has 80 valence electrons. The lowest BCUT2D eigenvalue weighted by molar-refractivity contribution is 0.555. The zero-order chi connectivity index (χ0) is 11.1. The van der Waals surface area contributed by atoms with E-state index in [4.69, 9.17) is 0 Å². The number of carbonyl (C=O) groups excluding carboxylic acids is 1. The molecular formula is C11H15N3O. The van der Waals surface area contributed by atoms with Crippen molar-refractivity contribution in [3.8, 4) is 0 Å². The zero-order valence-electron chi connectivity index (χ0n) is 9.37. The zero-order valence-corrected chi connectivity index (χ0v) is 9.37. The lowest BCUT2D eigenvalue weighted by Crippen LogP contribution is -2.06. The predicted octanol–water partition coefficient (Wildman–Crippen LogP) is 1.84. The molecule has 0 aromatic carbocycles. The van der Waals surface area contributed by atoms with Crippen molar-refractivity contribution in [1.29, 1.82) is 0 Å². The Hall–Kier alpha value is -1.41. The third-order valence-corrected chi connectivity index (χ3v) is 3.13. The lowest BCUT2D eigenvalue weighted by atomic mass is 10.0. The maximum absolute atomic E-state index is 10.4. The van der Waals surface area contributed by atoms with Gasteiger partial charge in [-0.05, 0) is 33.6 Å². The van der Waals surface area contributed by atoms with Gasteiger partial charge in [0.05, 0.1) is 5.69 Å². The number of isocyanates is 1. The van der Waals surface area contributed by atoms with Crippen LogP contribution in [-0.4, -0.2) is 15.9 Å². The maximum Gasteiger partial charge on any atom is 0.235 e. The molecule has 0 unspecified atom stereocenters. The molecule has 2 rings (SSSR count). The van der Waals surface area contributed by atoms with Crippen LogP contribution in [0.5, 0.6) is 0 Å². The van der Waals surface area contributed by atoms with E-state index >= 15 is 0 Å². The highest BCUT2D eigenvalue weighted by Crippen LogP contribution is 2.51. The molecule has 4 nitrogen and oxygen atoms in total. The van der Waals surface area contributed by atoms with E-state index in [0.29, 0.717) is 0 Å². The van der Waals surface area contributed by atoms with E-state index in [9.17, 15) is 4.79 Å². The van der Waals surface area contributed by atoms with Crippen LogP contribution in [0.4, 0.5) is 0 Å². The van der Waals surface area contributed by atoms with Crippen molar-refractivity contribution in [2.24, 2.45) is 4.99 Å². The Kier molecular flexibility index (Phi) is 2.24. The molecule has 0 amide bonds. The molecule has 1 heterocycles. The van der Waals surface area contributed by atoms with Crippen LogP contribution in [0, 0.1) is 13.8 Å². The molecule has 0 aliphatic heterocycles. The summed E-state index contributed by atoms with van der Waals surface area (Å²) in [4.78, 5) is 14.4. The summed E-state index contributed by atoms with van der Waals surface area (Å²) in [6, 6.07) is 0. The van der Waals surface area contributed by atoms with Crippen LogP contribution >= 0.6 is 0 Å². The van der Waals surface area contributed by atoms with Gasteiger partial charge < -0.3 is 0 Å². The summed E-state index contributed by atoms with van der Waals surface area (Å²) in [5.74, 6) is 0. The van der Waals surface area contributed by atoms with Crippen LogP contribution in [-0.2, 0) is 16.9 Å². The molecule has 1 saturated carbocycles. The van der Waals surface area contributed by atoms with Gasteiger partial charge >= 0.3 is 0 Å². The fourth-order valence-corrected chi connectivity index (χ4v) is 2.30. The summed E-state index contributed by atoms with van der Waals surface area (Å²) < 4.78 is 1.96. The Morgan fingerprint density at radius 2 is 2.20 bits per heavy atom. The second kappa shape index (κ2) is 3.31. The summed E-state index contributed by atoms with van der Waals surface area (Å²) >= 11 is 0. The number of aliphatic imine (C=N–C) groups is 1. The maximum atomic E-state index is 10.4. The van der Waals surface area contributed by atoms with Crippen molar-refractivity contribution < 1.29 is 4.79 Å². The highest BCUT2D eigenvalue weighted by atomic mass is 16.1. The first-order valence-corrected chi connectivity index (χ1v) is 5.28. The topological polar surface area (TPSA) is 47.2 Å². The van der Waals surface area contributed by atoms with Gasteiger partial charge in [-0.2, -0.15) is 10.1 Å². The number of hydrogen-bond acceptors (Lipinski definition) is 3. The first-order valence-electron chi connectivity index (χ1n) is 5.28. The number of rotatable bonds is 3. The fourth-order valence-electron chi connectivity index (χ4n) is 2.30. The largest absolute Gasteiger partial charge is 0.270 e. The number of hydrogen-bond donors (Lipinski definition) is 0. The van der Waals surface area contributed by atoms with Crippen molar-refractivity contribution in [2.75, 3.05) is 0 Å². The molecule has 1 aliphatic rings. The van der Waals surface area contributed by atoms with Crippen LogP contribution in [0.25, 0.3) is 0 Å². The SMILES string of the molecule is CCn1nc(C)c(C2(N=C=O)CC2)c1C. The Balaban J connectivity index is 2.53. The molecule has 1 fully saturated rings. The third-order valence-electron chi connectivity index (χ3n) is 3.13. The molecule has 0 spiro atoms. The highest BCUT2D eigenvalue weighted by molar-refractivity contribution is 5.44. The molecule has 4 heteroatoms. The average Bonchev–Trinajstić information content (AvgIpc) is 2.89. The number of nitrogens with zero attached hydrogens (tertiary/aromatic N) is 3. The minimum atomic E-state index is -0.288. The molecule has 1 aliphatic carbocycles. The van der Waals surface area contributed by atoms with Crippen molar-refractivity contribution in [2.45, 2.75) is 45.7 Å². The number of aromatic nitrogens is 2. The van der Waals surface area contributed by atoms with Crippen molar-refractivity contribution >= 4 is 6.08 Å². The first kappa shape index (κ1) is 10.1. The summed E-state index contributed by atoms with van der Waals surface area (Å²) in [5.41, 5.74) is 2.97. The second-order valence-electron chi connectivity index (χ2n) is 4.10. The Labute approximate surface area is 89.0 Å². The summed E-state index contributed by atoms with van der Waals surface area (Å²) in [6.45, 7) is 6.94. The minimum Gasteiger partial charge on any atom is -0.270 e. The molecule has 0 N–H and O–H groups in total. The van der Waals surface area contributed by atoms with E-state index in [1.54, 1.807) is 6.08 Å². The van der Waals surface area contributed by atoms with Gasteiger partial charge in [-0.1, -0.05) is 0 Å². The van der Waals surface area contributed by atoms with Crippen LogP contribution in [0.2, 0.25) is 0 Å². The fraction of sp³-hybridized carbons (Fsp3) is 0.636. The van der Waals surface area contributed by atoms with Gasteiger partial charge in [0, 0.05) is 17.8 Å². The third kappa shape index (κ3) is 1.41. The smallest absolute Gasteiger partial charge is 0.235 e. The first-order chi connectivity index (χ1) is 7.14. The van der Waals surface area contributed by atoms with Crippen molar-refractivity contribution in [1.82, 2.24) is 9.78 Å². The predicted molar refractivity (Wildman–Crippen MR) is 56.4 cm³/mol. The van der Waals surface area contributed by atoms with Crippen molar-refractivity contribution in [3.05, 3.63) is 17.0 Å². The van der Waals surface area contributed by atoms with Gasteiger partial charge in [0.1, 0.15) is 5.54 Å². The van der Waals surface area contributed by atoms with E-state index in [1.165, 1.54) is 0 Å². The lowest BCUT2D eigenvalue weighted by Gasteiger charge is -2.08. The van der Waals surface area contributed by atoms with Crippen LogP contribution in [0.1, 0.15) is 36.7 Å². The van der Waals surface area contributed by atoms with Crippen LogP contribution in [0.3, 0.4) is 0 Å². The van der Waals surface area contributed by atoms with Crippen LogP contribution in [0.15, 0.2) is 4.99 Å². The highest BCUT2D eigenvalue weighted by Gasteiger charge is 2.48. The molecular weight excluding hydrogens is 190 g/mol. The standard InChI is InChI=1S/C11H15N3O/c1-4-14-9(3)10(8(2)13-14)11(5-6-11)12-7-15/h4-6H2,1-3H3. The summed E-state index contributed by atoms with van der Waals surface area (Å²) in [6.07, 6.45) is 3.58. The monoisotopic (exact) mass is 205 g/mol. The normalized spacial score (nSPS) is 17.3. The quantitative estimate of drug-likeness (QED) is 0.558. The van der Waals surface area contributed by atoms with Gasteiger partial charge in [-0.25, -0.2) is 4.79 Å². The Bertz CT molecular complexity index is 437. The van der Waals surface area contributed by atoms with Gasteiger partial charge in [-0.3, -0.25) is 4.68 Å². The second-order valence-corrected chi connectivity index (χ2v) is 4.10. The molecule has 0 bridgehead atoms. The van der Waals surface area contributed by atoms with Gasteiger partial charge in [-0.15, -0.1) is 0 Å². The van der Waals surface area contributed by atoms with E-state index in [2.05, 4.69) is 17.0 Å². The molecule has 15 heavy (non-hydrogen) atoms. The van der Waals surface area contributed by atoms with Crippen LogP contribution < -0.4 is 0 Å². The van der Waals surface area contributed by atoms with E-state index in [0.717, 1.165) is 36.3 Å². The van der Waals surface area contributed by atoms with Gasteiger partial charge in [0.2, 0.25) is 6.08 Å². The van der Waals surface area contributed by atoms with E-state index in [1.807, 2.05) is 18.5 Å². The Morgan fingerprint density at radius 3 is 2.60 bits per heavy atom. The Morgan fingerprint density at radius 1 is 1.53 bits per heavy atom. The van der Waals surface area contributed by atoms with E-state index < -0.39 is 0 Å². The molecule has 1 aromatic heterocycles. The van der Waals surface area contributed by atoms with Gasteiger partial charge in [0.15, 0.2) is 0 Å². The number of aryl methyl sites for hydroxylation is 2. The molecule has 1 aromatic rings. The van der Waals surface area contributed by atoms with E-state index in [-0.39, 0.29) is 5.54 Å². The summed E-state index contributed by atoms with van der Waals surface area (Å²) in [5, 5.41) is 4.44. The molecule has 0 atom stereocenters.